The number of nitrogens with one attached hydrogen (secondary N) is 4. The van der Waals surface area contributed by atoms with Gasteiger partial charge in [-0.05, 0) is 53.5 Å². The summed E-state index contributed by atoms with van der Waals surface area (Å²) in [4.78, 5) is 32.3. The average molecular weight is 687 g/mol. The van der Waals surface area contributed by atoms with E-state index in [-0.39, 0.29) is 24.4 Å². The smallest absolute Gasteiger partial charge is 0.247 e. The Morgan fingerprint density at radius 2 is 1.47 bits per heavy atom. The summed E-state index contributed by atoms with van der Waals surface area (Å²) in [7, 11) is 4.70. The van der Waals surface area contributed by atoms with Crippen LogP contribution in [0.25, 0.3) is 22.0 Å². The zero-order valence-electron chi connectivity index (χ0n) is 29.5. The third kappa shape index (κ3) is 7.17. The summed E-state index contributed by atoms with van der Waals surface area (Å²) < 4.78 is 16.7. The number of carbonyl (C=O) groups is 2. The highest BCUT2D eigenvalue weighted by Crippen LogP contribution is 2.41. The molecule has 9 heteroatoms. The van der Waals surface area contributed by atoms with Crippen LogP contribution in [0.15, 0.2) is 91.0 Å². The van der Waals surface area contributed by atoms with E-state index in [1.165, 1.54) is 30.5 Å². The Balaban J connectivity index is 1.18. The van der Waals surface area contributed by atoms with Crippen LogP contribution in [-0.2, 0) is 22.6 Å². The Morgan fingerprint density at radius 1 is 0.804 bits per heavy atom. The molecule has 4 N–H and O–H groups in total. The highest BCUT2D eigenvalue weighted by Gasteiger charge is 2.38. The molecular formula is C42H46N4O5. The van der Waals surface area contributed by atoms with Crippen LogP contribution in [0.1, 0.15) is 66.6 Å². The lowest BCUT2D eigenvalue weighted by atomic mass is 9.79. The molecule has 1 saturated carbocycles. The van der Waals surface area contributed by atoms with Crippen LogP contribution in [0.5, 0.6) is 17.2 Å². The number of benzene rings is 4. The lowest BCUT2D eigenvalue weighted by Gasteiger charge is -2.37. The van der Waals surface area contributed by atoms with Crippen molar-refractivity contribution in [2.24, 2.45) is 5.92 Å². The Bertz CT molecular complexity index is 1960. The van der Waals surface area contributed by atoms with Gasteiger partial charge in [0, 0.05) is 28.7 Å². The Morgan fingerprint density at radius 3 is 2.16 bits per heavy atom. The third-order valence-corrected chi connectivity index (χ3v) is 10.5. The van der Waals surface area contributed by atoms with Crippen molar-refractivity contribution in [3.8, 4) is 28.4 Å². The molecule has 7 rings (SSSR count). The number of H-pyrrole nitrogens is 1. The number of fused-ring (bicyclic) bond motifs is 3. The first-order chi connectivity index (χ1) is 25.0. The fourth-order valence-electron chi connectivity index (χ4n) is 7.85. The van der Waals surface area contributed by atoms with E-state index in [0.29, 0.717) is 40.7 Å². The molecule has 1 fully saturated rings. The van der Waals surface area contributed by atoms with Gasteiger partial charge in [0.25, 0.3) is 0 Å². The van der Waals surface area contributed by atoms with Crippen LogP contribution < -0.4 is 30.2 Å². The molecule has 9 nitrogen and oxygen atoms in total. The van der Waals surface area contributed by atoms with Gasteiger partial charge in [-0.3, -0.25) is 14.9 Å². The summed E-state index contributed by atoms with van der Waals surface area (Å²) in [5, 5.41) is 11.1. The molecule has 1 unspecified atom stereocenters. The molecule has 264 valence electrons. The van der Waals surface area contributed by atoms with E-state index >= 15 is 0 Å². The van der Waals surface area contributed by atoms with Crippen molar-refractivity contribution in [1.29, 1.82) is 0 Å². The summed E-state index contributed by atoms with van der Waals surface area (Å²) in [6.45, 7) is 0.119. The molecule has 0 radical (unpaired) electrons. The van der Waals surface area contributed by atoms with Gasteiger partial charge in [-0.1, -0.05) is 92.1 Å². The van der Waals surface area contributed by atoms with Crippen LogP contribution in [0.2, 0.25) is 0 Å². The van der Waals surface area contributed by atoms with Crippen LogP contribution in [0.3, 0.4) is 0 Å². The van der Waals surface area contributed by atoms with E-state index in [0.717, 1.165) is 34.9 Å². The van der Waals surface area contributed by atoms with Crippen molar-refractivity contribution in [3.63, 3.8) is 0 Å². The Hall–Kier alpha value is -5.28. The molecule has 0 bridgehead atoms. The Kier molecular flexibility index (Phi) is 10.3. The van der Waals surface area contributed by atoms with Crippen molar-refractivity contribution in [2.75, 3.05) is 21.3 Å². The van der Waals surface area contributed by atoms with E-state index < -0.39 is 12.1 Å². The van der Waals surface area contributed by atoms with Crippen LogP contribution in [0, 0.1) is 5.92 Å². The maximum atomic E-state index is 14.4. The predicted molar refractivity (Wildman–Crippen MR) is 199 cm³/mol. The van der Waals surface area contributed by atoms with E-state index in [1.54, 1.807) is 33.5 Å². The van der Waals surface area contributed by atoms with E-state index in [2.05, 4.69) is 39.1 Å². The first-order valence-corrected chi connectivity index (χ1v) is 17.8. The molecule has 1 aromatic heterocycles. The second-order valence-electron chi connectivity index (χ2n) is 13.5. The van der Waals surface area contributed by atoms with Crippen LogP contribution in [-0.4, -0.2) is 44.2 Å². The molecule has 51 heavy (non-hydrogen) atoms. The number of aromatic amines is 1. The molecule has 3 atom stereocenters. The SMILES string of the molecule is COc1cc(OC)c(CNC(=O)C(NC(=O)[C@H]2Cc3c([nH]c4ccccc34)[C@H](C3CCCCC3)N2)c2ccc(-c3ccccc3)cc2)c(OC)c1. The van der Waals surface area contributed by atoms with Crippen LogP contribution >= 0.6 is 0 Å². The number of para-hydroxylation sites is 1. The molecule has 2 heterocycles. The minimum atomic E-state index is -0.947. The average Bonchev–Trinajstić information content (AvgIpc) is 3.57. The molecule has 5 aromatic rings. The van der Waals surface area contributed by atoms with Gasteiger partial charge < -0.3 is 29.8 Å². The first-order valence-electron chi connectivity index (χ1n) is 17.8. The zero-order valence-corrected chi connectivity index (χ0v) is 29.5. The van der Waals surface area contributed by atoms with Crippen molar-refractivity contribution in [1.82, 2.24) is 20.9 Å². The number of rotatable bonds is 11. The van der Waals surface area contributed by atoms with Crippen molar-refractivity contribution in [3.05, 3.63) is 113 Å². The maximum Gasteiger partial charge on any atom is 0.247 e. The monoisotopic (exact) mass is 686 g/mol. The van der Waals surface area contributed by atoms with E-state index in [4.69, 9.17) is 14.2 Å². The molecule has 2 amide bonds. The van der Waals surface area contributed by atoms with Gasteiger partial charge in [-0.25, -0.2) is 0 Å². The quantitative estimate of drug-likeness (QED) is 0.117. The molecular weight excluding hydrogens is 640 g/mol. The molecule has 0 spiro atoms. The number of carbonyl (C=O) groups excluding carboxylic acids is 2. The predicted octanol–water partition coefficient (Wildman–Crippen LogP) is 7.17. The maximum absolute atomic E-state index is 14.4. The van der Waals surface area contributed by atoms with Gasteiger partial charge >= 0.3 is 0 Å². The second kappa shape index (κ2) is 15.3. The highest BCUT2D eigenvalue weighted by molar-refractivity contribution is 5.92. The number of hydrogen-bond acceptors (Lipinski definition) is 6. The molecule has 4 aromatic carbocycles. The standard InChI is InChI=1S/C42H46N4O5/c1-49-30-22-36(50-2)33(37(23-30)51-3)25-43-42(48)39(29-20-18-27(19-21-29)26-12-6-4-7-13-26)46-41(47)35-24-32-31-16-10-11-17-34(31)44-40(32)38(45-35)28-14-8-5-9-15-28/h4,6-7,10-13,16-23,28,35,38-39,44-45H,5,8-9,14-15,24-25H2,1-3H3,(H,43,48)(H,46,47)/t35-,38+,39?/m1/s1. The fraction of sp³-hybridized carbons (Fsp3) is 0.333. The van der Waals surface area contributed by atoms with Gasteiger partial charge in [-0.2, -0.15) is 0 Å². The molecule has 0 saturated heterocycles. The number of aromatic nitrogens is 1. The number of ether oxygens (including phenoxy) is 3. The lowest BCUT2D eigenvalue weighted by Crippen LogP contribution is -2.53. The molecule has 2 aliphatic rings. The summed E-state index contributed by atoms with van der Waals surface area (Å²) in [6.07, 6.45) is 6.41. The van der Waals surface area contributed by atoms with Gasteiger partial charge in [0.1, 0.15) is 23.3 Å². The van der Waals surface area contributed by atoms with E-state index in [1.807, 2.05) is 60.7 Å². The van der Waals surface area contributed by atoms with Gasteiger partial charge in [0.05, 0.1) is 45.5 Å². The number of hydrogen-bond donors (Lipinski definition) is 4. The highest BCUT2D eigenvalue weighted by atomic mass is 16.5. The largest absolute Gasteiger partial charge is 0.496 e. The van der Waals surface area contributed by atoms with Crippen molar-refractivity contribution >= 4 is 22.7 Å². The minimum absolute atomic E-state index is 0.0321. The number of methoxy groups -OCH3 is 3. The third-order valence-electron chi connectivity index (χ3n) is 10.5. The normalized spacial score (nSPS) is 18.0. The summed E-state index contributed by atoms with van der Waals surface area (Å²) in [5.41, 5.74) is 6.91. The lowest BCUT2D eigenvalue weighted by molar-refractivity contribution is -0.130. The van der Waals surface area contributed by atoms with Crippen molar-refractivity contribution in [2.45, 2.75) is 63.2 Å². The zero-order chi connectivity index (χ0) is 35.3. The summed E-state index contributed by atoms with van der Waals surface area (Å²) in [5.74, 6) is 1.50. The van der Waals surface area contributed by atoms with Gasteiger partial charge in [-0.15, -0.1) is 0 Å². The Labute approximate surface area is 299 Å². The fourth-order valence-corrected chi connectivity index (χ4v) is 7.85. The summed E-state index contributed by atoms with van der Waals surface area (Å²) >= 11 is 0. The molecule has 1 aliphatic heterocycles. The number of amides is 2. The first kappa shape index (κ1) is 34.2. The minimum Gasteiger partial charge on any atom is -0.496 e. The topological polar surface area (TPSA) is 114 Å². The van der Waals surface area contributed by atoms with E-state index in [9.17, 15) is 9.59 Å². The van der Waals surface area contributed by atoms with Gasteiger partial charge in [0.15, 0.2) is 0 Å². The second-order valence-corrected chi connectivity index (χ2v) is 13.5. The molecule has 1 aliphatic carbocycles. The van der Waals surface area contributed by atoms with Gasteiger partial charge in [0.2, 0.25) is 11.8 Å². The van der Waals surface area contributed by atoms with Crippen molar-refractivity contribution < 1.29 is 23.8 Å². The van der Waals surface area contributed by atoms with Crippen LogP contribution in [0.4, 0.5) is 0 Å². The summed E-state index contributed by atoms with van der Waals surface area (Å²) in [6, 6.07) is 28.3.